The van der Waals surface area contributed by atoms with Crippen LogP contribution in [-0.4, -0.2) is 93.8 Å². The Hall–Kier alpha value is -1.55. The van der Waals surface area contributed by atoms with E-state index in [0.29, 0.717) is 19.7 Å². The van der Waals surface area contributed by atoms with Gasteiger partial charge in [0.15, 0.2) is 0 Å². The molecule has 1 aliphatic rings. The minimum absolute atomic E-state index is 0.0530. The van der Waals surface area contributed by atoms with Crippen LogP contribution >= 0.6 is 0 Å². The third-order valence-corrected chi connectivity index (χ3v) is 5.07. The van der Waals surface area contributed by atoms with E-state index in [-0.39, 0.29) is 31.4 Å². The van der Waals surface area contributed by atoms with Gasteiger partial charge in [-0.15, -0.1) is 0 Å². The first-order chi connectivity index (χ1) is 10.3. The molecular weight excluding hydrogens is 312 g/mol. The van der Waals surface area contributed by atoms with Gasteiger partial charge in [0, 0.05) is 46.8 Å². The van der Waals surface area contributed by atoms with Gasteiger partial charge >= 0.3 is 12.1 Å². The van der Waals surface area contributed by atoms with Crippen molar-refractivity contribution < 1.29 is 22.7 Å². The summed E-state index contributed by atoms with van der Waals surface area (Å²) in [5.74, 6) is -0.161. The fourth-order valence-electron chi connectivity index (χ4n) is 1.94. The molecule has 0 saturated carbocycles. The Kier molecular flexibility index (Phi) is 6.88. The minimum Gasteiger partial charge on any atom is -0.450 e. The molecule has 0 bridgehead atoms. The normalized spacial score (nSPS) is 16.2. The zero-order valence-corrected chi connectivity index (χ0v) is 14.1. The van der Waals surface area contributed by atoms with Crippen LogP contribution in [0.5, 0.6) is 0 Å². The maximum absolute atomic E-state index is 12.2. The standard InChI is InChI=1S/C12H24N4O5S/c1-4-21-12(18)15-6-8-16(9-7-15)22(19,20)10-5-13-11(17)14(2)3/h4-10H2,1-3H3,(H,13,17). The van der Waals surface area contributed by atoms with Crippen molar-refractivity contribution in [3.8, 4) is 0 Å². The second kappa shape index (κ2) is 8.18. The van der Waals surface area contributed by atoms with Crippen LogP contribution in [0.1, 0.15) is 6.92 Å². The number of piperazine rings is 1. The Labute approximate surface area is 131 Å². The summed E-state index contributed by atoms with van der Waals surface area (Å²) in [6.07, 6.45) is -0.419. The lowest BCUT2D eigenvalue weighted by Gasteiger charge is -2.33. The van der Waals surface area contributed by atoms with Crippen molar-refractivity contribution in [1.82, 2.24) is 19.4 Å². The molecular formula is C12H24N4O5S. The first-order valence-electron chi connectivity index (χ1n) is 7.12. The second-order valence-electron chi connectivity index (χ2n) is 5.03. The van der Waals surface area contributed by atoms with Crippen molar-refractivity contribution >= 4 is 22.1 Å². The first kappa shape index (κ1) is 18.5. The number of carbonyl (C=O) groups is 2. The predicted molar refractivity (Wildman–Crippen MR) is 81.0 cm³/mol. The van der Waals surface area contributed by atoms with E-state index < -0.39 is 16.1 Å². The molecule has 1 fully saturated rings. The van der Waals surface area contributed by atoms with Crippen molar-refractivity contribution in [2.75, 3.05) is 59.2 Å². The van der Waals surface area contributed by atoms with E-state index >= 15 is 0 Å². The third kappa shape index (κ3) is 5.34. The molecule has 128 valence electrons. The van der Waals surface area contributed by atoms with E-state index in [1.807, 2.05) is 0 Å². The van der Waals surface area contributed by atoms with Crippen molar-refractivity contribution in [3.05, 3.63) is 0 Å². The summed E-state index contributed by atoms with van der Waals surface area (Å²) in [4.78, 5) is 25.7. The number of sulfonamides is 1. The monoisotopic (exact) mass is 336 g/mol. The molecule has 22 heavy (non-hydrogen) atoms. The molecule has 0 radical (unpaired) electrons. The molecule has 0 atom stereocenters. The van der Waals surface area contributed by atoms with Crippen molar-refractivity contribution in [2.45, 2.75) is 6.92 Å². The molecule has 9 nitrogen and oxygen atoms in total. The van der Waals surface area contributed by atoms with Crippen LogP contribution in [0.25, 0.3) is 0 Å². The summed E-state index contributed by atoms with van der Waals surface area (Å²) >= 11 is 0. The van der Waals surface area contributed by atoms with E-state index in [9.17, 15) is 18.0 Å². The molecule has 0 aromatic rings. The lowest BCUT2D eigenvalue weighted by molar-refractivity contribution is 0.0934. The molecule has 0 spiro atoms. The van der Waals surface area contributed by atoms with Gasteiger partial charge in [-0.25, -0.2) is 18.0 Å². The van der Waals surface area contributed by atoms with Crippen LogP contribution in [0, 0.1) is 0 Å². The van der Waals surface area contributed by atoms with Gasteiger partial charge in [-0.3, -0.25) is 0 Å². The van der Waals surface area contributed by atoms with Crippen molar-refractivity contribution in [2.24, 2.45) is 0 Å². The number of rotatable bonds is 5. The summed E-state index contributed by atoms with van der Waals surface area (Å²) in [5, 5.41) is 2.52. The molecule has 0 aromatic carbocycles. The van der Waals surface area contributed by atoms with Crippen LogP contribution in [0.3, 0.4) is 0 Å². The number of nitrogens with one attached hydrogen (secondary N) is 1. The smallest absolute Gasteiger partial charge is 0.409 e. The van der Waals surface area contributed by atoms with Gasteiger partial charge in [0.25, 0.3) is 0 Å². The predicted octanol–water partition coefficient (Wildman–Crippen LogP) is -0.638. The molecule has 1 heterocycles. The fraction of sp³-hybridized carbons (Fsp3) is 0.833. The highest BCUT2D eigenvalue weighted by Crippen LogP contribution is 2.09. The molecule has 1 saturated heterocycles. The number of hydrogen-bond donors (Lipinski definition) is 1. The Morgan fingerprint density at radius 2 is 1.77 bits per heavy atom. The van der Waals surface area contributed by atoms with Crippen molar-refractivity contribution in [1.29, 1.82) is 0 Å². The number of ether oxygens (including phenoxy) is 1. The average molecular weight is 336 g/mol. The zero-order chi connectivity index (χ0) is 16.8. The van der Waals surface area contributed by atoms with E-state index in [1.165, 1.54) is 14.1 Å². The average Bonchev–Trinajstić information content (AvgIpc) is 2.47. The Morgan fingerprint density at radius 1 is 1.18 bits per heavy atom. The summed E-state index contributed by atoms with van der Waals surface area (Å²) in [6, 6.07) is -0.331. The largest absolute Gasteiger partial charge is 0.450 e. The molecule has 0 aliphatic carbocycles. The quantitative estimate of drug-likeness (QED) is 0.720. The molecule has 1 N–H and O–H groups in total. The highest BCUT2D eigenvalue weighted by molar-refractivity contribution is 7.89. The van der Waals surface area contributed by atoms with Crippen LogP contribution in [0.4, 0.5) is 9.59 Å². The molecule has 1 aliphatic heterocycles. The van der Waals surface area contributed by atoms with E-state index in [4.69, 9.17) is 4.74 Å². The van der Waals surface area contributed by atoms with Gasteiger partial charge in [0.1, 0.15) is 0 Å². The van der Waals surface area contributed by atoms with E-state index in [1.54, 1.807) is 21.0 Å². The number of amides is 3. The Morgan fingerprint density at radius 3 is 2.27 bits per heavy atom. The number of urea groups is 1. The fourth-order valence-corrected chi connectivity index (χ4v) is 3.28. The second-order valence-corrected chi connectivity index (χ2v) is 7.12. The first-order valence-corrected chi connectivity index (χ1v) is 8.73. The van der Waals surface area contributed by atoms with Gasteiger partial charge in [0.05, 0.1) is 12.4 Å². The topological polar surface area (TPSA) is 99.3 Å². The molecule has 0 aromatic heterocycles. The lowest BCUT2D eigenvalue weighted by Crippen LogP contribution is -2.52. The summed E-state index contributed by atoms with van der Waals surface area (Å²) in [6.45, 7) is 3.16. The van der Waals surface area contributed by atoms with Gasteiger partial charge < -0.3 is 19.9 Å². The summed E-state index contributed by atoms with van der Waals surface area (Å²) in [7, 11) is -0.281. The van der Waals surface area contributed by atoms with Gasteiger partial charge in [0.2, 0.25) is 10.0 Å². The van der Waals surface area contributed by atoms with E-state index in [2.05, 4.69) is 5.32 Å². The van der Waals surface area contributed by atoms with Gasteiger partial charge in [-0.2, -0.15) is 4.31 Å². The van der Waals surface area contributed by atoms with Gasteiger partial charge in [-0.1, -0.05) is 0 Å². The molecule has 0 unspecified atom stereocenters. The van der Waals surface area contributed by atoms with Crippen LogP contribution in [-0.2, 0) is 14.8 Å². The Bertz CT molecular complexity index is 486. The number of carbonyl (C=O) groups excluding carboxylic acids is 2. The molecule has 3 amide bonds. The van der Waals surface area contributed by atoms with Gasteiger partial charge in [-0.05, 0) is 6.92 Å². The molecule has 10 heteroatoms. The van der Waals surface area contributed by atoms with Crippen molar-refractivity contribution in [3.63, 3.8) is 0 Å². The maximum atomic E-state index is 12.2. The minimum atomic E-state index is -3.44. The van der Waals surface area contributed by atoms with Crippen LogP contribution in [0.15, 0.2) is 0 Å². The molecule has 1 rings (SSSR count). The summed E-state index contributed by atoms with van der Waals surface area (Å²) < 4.78 is 30.6. The Balaban J connectivity index is 2.42. The maximum Gasteiger partial charge on any atom is 0.409 e. The highest BCUT2D eigenvalue weighted by Gasteiger charge is 2.29. The van der Waals surface area contributed by atoms with E-state index in [0.717, 1.165) is 0 Å². The van der Waals surface area contributed by atoms with Crippen LogP contribution < -0.4 is 5.32 Å². The summed E-state index contributed by atoms with van der Waals surface area (Å²) in [5.41, 5.74) is 0. The SMILES string of the molecule is CCOC(=O)N1CCN(S(=O)(=O)CCNC(=O)N(C)C)CC1. The highest BCUT2D eigenvalue weighted by atomic mass is 32.2. The third-order valence-electron chi connectivity index (χ3n) is 3.20. The number of nitrogens with zero attached hydrogens (tertiary/aromatic N) is 3. The number of hydrogen-bond acceptors (Lipinski definition) is 5. The van der Waals surface area contributed by atoms with Crippen LogP contribution in [0.2, 0.25) is 0 Å². The lowest BCUT2D eigenvalue weighted by atomic mass is 10.4. The zero-order valence-electron chi connectivity index (χ0n) is 13.2.